The van der Waals surface area contributed by atoms with Crippen molar-refractivity contribution in [3.8, 4) is 0 Å². The van der Waals surface area contributed by atoms with Crippen LogP contribution in [0.25, 0.3) is 0 Å². The first-order chi connectivity index (χ1) is 13.9. The van der Waals surface area contributed by atoms with Gasteiger partial charge in [-0.05, 0) is 42.3 Å². The molecule has 0 spiro atoms. The summed E-state index contributed by atoms with van der Waals surface area (Å²) in [5.41, 5.74) is 4.81. The molecule has 2 amide bonds. The average Bonchev–Trinajstić information content (AvgIpc) is 3.09. The molecule has 10 heteroatoms. The quantitative estimate of drug-likeness (QED) is 0.674. The van der Waals surface area contributed by atoms with Gasteiger partial charge in [0, 0.05) is 20.2 Å². The SMILES string of the molecule is O=C(CN1N=CN2NC(c3ccc(Br)cc3)CC2C1=O)Nc1cc(Cl)cc(Cl)c1. The first-order valence-corrected chi connectivity index (χ1v) is 10.4. The van der Waals surface area contributed by atoms with E-state index in [2.05, 4.69) is 31.8 Å². The molecular formula is C19H16BrCl2N5O2. The van der Waals surface area contributed by atoms with Crippen LogP contribution < -0.4 is 10.7 Å². The molecule has 4 rings (SSSR count). The summed E-state index contributed by atoms with van der Waals surface area (Å²) >= 11 is 15.3. The van der Waals surface area contributed by atoms with Gasteiger partial charge >= 0.3 is 0 Å². The first kappa shape index (κ1) is 20.2. The molecule has 2 aliphatic rings. The van der Waals surface area contributed by atoms with Gasteiger partial charge in [0.1, 0.15) is 18.9 Å². The smallest absolute Gasteiger partial charge is 0.267 e. The molecule has 2 unspecified atom stereocenters. The van der Waals surface area contributed by atoms with Crippen molar-refractivity contribution in [2.24, 2.45) is 5.10 Å². The van der Waals surface area contributed by atoms with Gasteiger partial charge in [-0.25, -0.2) is 10.4 Å². The van der Waals surface area contributed by atoms with Gasteiger partial charge in [-0.1, -0.05) is 51.3 Å². The monoisotopic (exact) mass is 495 g/mol. The summed E-state index contributed by atoms with van der Waals surface area (Å²) in [6.45, 7) is -0.202. The highest BCUT2D eigenvalue weighted by Crippen LogP contribution is 2.30. The van der Waals surface area contributed by atoms with Crippen molar-refractivity contribution < 1.29 is 9.59 Å². The van der Waals surface area contributed by atoms with E-state index in [4.69, 9.17) is 23.2 Å². The second-order valence-electron chi connectivity index (χ2n) is 6.73. The number of rotatable bonds is 4. The third-order valence-electron chi connectivity index (χ3n) is 4.67. The molecule has 0 saturated carbocycles. The van der Waals surface area contributed by atoms with E-state index in [1.165, 1.54) is 11.3 Å². The molecule has 1 saturated heterocycles. The molecule has 2 heterocycles. The predicted octanol–water partition coefficient (Wildman–Crippen LogP) is 3.80. The molecule has 7 nitrogen and oxygen atoms in total. The molecule has 0 bridgehead atoms. The average molecular weight is 497 g/mol. The maximum Gasteiger partial charge on any atom is 0.267 e. The Kier molecular flexibility index (Phi) is 5.78. The summed E-state index contributed by atoms with van der Waals surface area (Å²) in [6.07, 6.45) is 2.11. The van der Waals surface area contributed by atoms with Crippen LogP contribution in [0.1, 0.15) is 18.0 Å². The van der Waals surface area contributed by atoms with Crippen LogP contribution in [-0.4, -0.2) is 40.8 Å². The Morgan fingerprint density at radius 3 is 2.59 bits per heavy atom. The van der Waals surface area contributed by atoms with Crippen LogP contribution in [0.2, 0.25) is 10.0 Å². The number of hydrazine groups is 1. The minimum atomic E-state index is -0.422. The van der Waals surface area contributed by atoms with Crippen molar-refractivity contribution in [1.82, 2.24) is 15.4 Å². The molecule has 2 aromatic carbocycles. The van der Waals surface area contributed by atoms with E-state index >= 15 is 0 Å². The van der Waals surface area contributed by atoms with E-state index < -0.39 is 11.9 Å². The Balaban J connectivity index is 1.40. The van der Waals surface area contributed by atoms with Crippen molar-refractivity contribution in [1.29, 1.82) is 0 Å². The largest absolute Gasteiger partial charge is 0.324 e. The van der Waals surface area contributed by atoms with Gasteiger partial charge in [-0.15, -0.1) is 0 Å². The van der Waals surface area contributed by atoms with Gasteiger partial charge in [-0.3, -0.25) is 14.6 Å². The third kappa shape index (κ3) is 4.56. The van der Waals surface area contributed by atoms with Crippen molar-refractivity contribution in [2.75, 3.05) is 11.9 Å². The summed E-state index contributed by atoms with van der Waals surface area (Å²) in [5.74, 6) is -0.628. The van der Waals surface area contributed by atoms with Gasteiger partial charge in [0.2, 0.25) is 5.91 Å². The topological polar surface area (TPSA) is 77.0 Å². The number of anilines is 1. The molecule has 0 aromatic heterocycles. The predicted molar refractivity (Wildman–Crippen MR) is 116 cm³/mol. The number of carbonyl (C=O) groups excluding carboxylic acids is 2. The Morgan fingerprint density at radius 2 is 1.90 bits per heavy atom. The third-order valence-corrected chi connectivity index (χ3v) is 5.63. The highest BCUT2D eigenvalue weighted by atomic mass is 79.9. The maximum atomic E-state index is 12.8. The summed E-state index contributed by atoms with van der Waals surface area (Å²) in [7, 11) is 0. The number of nitrogens with zero attached hydrogens (tertiary/aromatic N) is 3. The number of hydrazone groups is 1. The van der Waals surface area contributed by atoms with E-state index in [0.29, 0.717) is 22.2 Å². The van der Waals surface area contributed by atoms with Gasteiger partial charge in [0.25, 0.3) is 5.91 Å². The van der Waals surface area contributed by atoms with E-state index in [-0.39, 0.29) is 18.5 Å². The molecular weight excluding hydrogens is 481 g/mol. The van der Waals surface area contributed by atoms with Gasteiger partial charge in [0.05, 0.1) is 6.04 Å². The summed E-state index contributed by atoms with van der Waals surface area (Å²) in [6, 6.07) is 12.2. The fourth-order valence-electron chi connectivity index (χ4n) is 3.33. The number of halogens is 3. The van der Waals surface area contributed by atoms with Gasteiger partial charge < -0.3 is 5.32 Å². The molecule has 150 valence electrons. The standard InChI is InChI=1S/C19H16BrCl2N5O2/c20-12-3-1-11(2-4-12)16-8-17-19(29)26(23-10-27(17)25-16)9-18(28)24-15-6-13(21)5-14(22)7-15/h1-7,10,16-17,25H,8-9H2,(H,24,28). The first-order valence-electron chi connectivity index (χ1n) is 8.80. The van der Waals surface area contributed by atoms with E-state index in [1.54, 1.807) is 23.2 Å². The molecule has 2 aliphatic heterocycles. The maximum absolute atomic E-state index is 12.8. The molecule has 29 heavy (non-hydrogen) atoms. The van der Waals surface area contributed by atoms with Crippen LogP contribution in [0.3, 0.4) is 0 Å². The number of fused-ring (bicyclic) bond motifs is 1. The lowest BCUT2D eigenvalue weighted by atomic mass is 10.0. The second-order valence-corrected chi connectivity index (χ2v) is 8.51. The Labute approximate surface area is 185 Å². The van der Waals surface area contributed by atoms with E-state index in [1.807, 2.05) is 24.3 Å². The summed E-state index contributed by atoms with van der Waals surface area (Å²) < 4.78 is 0.993. The van der Waals surface area contributed by atoms with Crippen LogP contribution >= 0.6 is 39.1 Å². The Morgan fingerprint density at radius 1 is 1.21 bits per heavy atom. The Hall–Kier alpha value is -2.13. The van der Waals surface area contributed by atoms with Crippen molar-refractivity contribution in [3.63, 3.8) is 0 Å². The lowest BCUT2D eigenvalue weighted by molar-refractivity contribution is -0.139. The number of benzene rings is 2. The molecule has 1 fully saturated rings. The normalized spacial score (nSPS) is 20.7. The van der Waals surface area contributed by atoms with Crippen molar-refractivity contribution >= 4 is 63.0 Å². The zero-order valence-electron chi connectivity index (χ0n) is 15.0. The molecule has 2 N–H and O–H groups in total. The fourth-order valence-corrected chi connectivity index (χ4v) is 4.12. The summed E-state index contributed by atoms with van der Waals surface area (Å²) in [4.78, 5) is 25.2. The highest BCUT2D eigenvalue weighted by Gasteiger charge is 2.41. The molecule has 2 atom stereocenters. The number of carbonyl (C=O) groups is 2. The van der Waals surface area contributed by atoms with Crippen LogP contribution in [0.15, 0.2) is 52.0 Å². The number of hydrogen-bond acceptors (Lipinski definition) is 5. The van der Waals surface area contributed by atoms with Crippen molar-refractivity contribution in [2.45, 2.75) is 18.5 Å². The van der Waals surface area contributed by atoms with Crippen LogP contribution in [0.5, 0.6) is 0 Å². The molecule has 2 aromatic rings. The minimum Gasteiger partial charge on any atom is -0.324 e. The lowest BCUT2D eigenvalue weighted by Gasteiger charge is -2.29. The van der Waals surface area contributed by atoms with Crippen molar-refractivity contribution in [3.05, 3.63) is 62.5 Å². The molecule has 0 radical (unpaired) electrons. The molecule has 0 aliphatic carbocycles. The van der Waals surface area contributed by atoms with Crippen LogP contribution in [0.4, 0.5) is 5.69 Å². The fraction of sp³-hybridized carbons (Fsp3) is 0.211. The van der Waals surface area contributed by atoms with Gasteiger partial charge in [0.15, 0.2) is 0 Å². The number of nitrogens with one attached hydrogen (secondary N) is 2. The minimum absolute atomic E-state index is 0.00845. The lowest BCUT2D eigenvalue weighted by Crippen LogP contribution is -2.52. The number of amides is 2. The zero-order valence-corrected chi connectivity index (χ0v) is 18.1. The van der Waals surface area contributed by atoms with Crippen LogP contribution in [0, 0.1) is 0 Å². The number of hydrogen-bond donors (Lipinski definition) is 2. The highest BCUT2D eigenvalue weighted by molar-refractivity contribution is 9.10. The second kappa shape index (κ2) is 8.31. The van der Waals surface area contributed by atoms with Crippen LogP contribution in [-0.2, 0) is 9.59 Å². The zero-order chi connectivity index (χ0) is 20.5. The van der Waals surface area contributed by atoms with E-state index in [9.17, 15) is 9.59 Å². The van der Waals surface area contributed by atoms with E-state index in [0.717, 1.165) is 10.0 Å². The van der Waals surface area contributed by atoms with Gasteiger partial charge in [-0.2, -0.15) is 5.10 Å². The summed E-state index contributed by atoms with van der Waals surface area (Å²) in [5, 5.41) is 10.5. The Bertz CT molecular complexity index is 965.